The molecule has 3 atom stereocenters. The Labute approximate surface area is 79.8 Å². The third-order valence-electron chi connectivity index (χ3n) is 2.45. The van der Waals surface area contributed by atoms with E-state index in [0.717, 1.165) is 0 Å². The maximum atomic E-state index is 11.5. The summed E-state index contributed by atoms with van der Waals surface area (Å²) >= 11 is 1.58. The van der Waals surface area contributed by atoms with Crippen molar-refractivity contribution in [3.63, 3.8) is 0 Å². The Morgan fingerprint density at radius 1 is 1.62 bits per heavy atom. The maximum Gasteiger partial charge on any atom is 0.241 e. The van der Waals surface area contributed by atoms with Gasteiger partial charge in [0, 0.05) is 12.2 Å². The molecule has 2 amide bonds. The molecule has 0 radical (unpaired) electrons. The molecule has 0 aliphatic carbocycles. The van der Waals surface area contributed by atoms with Gasteiger partial charge in [0.2, 0.25) is 11.8 Å². The van der Waals surface area contributed by atoms with E-state index >= 15 is 0 Å². The summed E-state index contributed by atoms with van der Waals surface area (Å²) in [6.07, 6.45) is 0.632. The van der Waals surface area contributed by atoms with Gasteiger partial charge in [-0.3, -0.25) is 9.59 Å². The summed E-state index contributed by atoms with van der Waals surface area (Å²) in [6, 6.07) is -0.893. The first-order valence-electron chi connectivity index (χ1n) is 4.10. The van der Waals surface area contributed by atoms with E-state index in [0.29, 0.717) is 12.2 Å². The summed E-state index contributed by atoms with van der Waals surface area (Å²) in [4.78, 5) is 24.0. The zero-order valence-electron chi connectivity index (χ0n) is 6.97. The van der Waals surface area contributed by atoms with Gasteiger partial charge < -0.3 is 16.4 Å². The van der Waals surface area contributed by atoms with Crippen LogP contribution in [-0.2, 0) is 9.59 Å². The van der Waals surface area contributed by atoms with Crippen molar-refractivity contribution in [1.82, 2.24) is 4.90 Å². The van der Waals surface area contributed by atoms with Crippen molar-refractivity contribution in [3.8, 4) is 0 Å². The third-order valence-corrected chi connectivity index (χ3v) is 3.76. The summed E-state index contributed by atoms with van der Waals surface area (Å²) in [6.45, 7) is 0. The molecule has 0 unspecified atom stereocenters. The molecule has 2 fully saturated rings. The molecular formula is C7H11N3O2S. The molecule has 2 rings (SSSR count). The monoisotopic (exact) mass is 201 g/mol. The van der Waals surface area contributed by atoms with Crippen LogP contribution in [0, 0.1) is 0 Å². The number of thioether (sulfide) groups is 1. The second kappa shape index (κ2) is 2.88. The molecule has 2 heterocycles. The normalized spacial score (nSPS) is 38.1. The van der Waals surface area contributed by atoms with Gasteiger partial charge in [-0.25, -0.2) is 0 Å². The lowest BCUT2D eigenvalue weighted by molar-refractivity contribution is -0.135. The maximum absolute atomic E-state index is 11.5. The van der Waals surface area contributed by atoms with Crippen LogP contribution >= 0.6 is 11.8 Å². The quantitative estimate of drug-likeness (QED) is 0.539. The molecule has 2 aliphatic heterocycles. The van der Waals surface area contributed by atoms with Gasteiger partial charge in [0.25, 0.3) is 0 Å². The van der Waals surface area contributed by atoms with Crippen molar-refractivity contribution in [2.45, 2.75) is 23.9 Å². The van der Waals surface area contributed by atoms with Crippen LogP contribution < -0.4 is 11.5 Å². The summed E-state index contributed by atoms with van der Waals surface area (Å²) in [7, 11) is 0. The first kappa shape index (κ1) is 8.83. The molecule has 5 nitrogen and oxygen atoms in total. The van der Waals surface area contributed by atoms with Crippen LogP contribution in [0.3, 0.4) is 0 Å². The third kappa shape index (κ3) is 1.21. The SMILES string of the molecule is NC(=O)[C@H]1CS[C@@H]2C[C@@H](N)C(=O)N12. The molecule has 0 spiro atoms. The lowest BCUT2D eigenvalue weighted by atomic mass is 10.2. The molecule has 0 aromatic rings. The van der Waals surface area contributed by atoms with E-state index in [1.165, 1.54) is 4.90 Å². The zero-order valence-corrected chi connectivity index (χ0v) is 7.79. The fourth-order valence-electron chi connectivity index (χ4n) is 1.77. The lowest BCUT2D eigenvalue weighted by Crippen LogP contribution is -2.47. The number of carbonyl (C=O) groups excluding carboxylic acids is 2. The second-order valence-electron chi connectivity index (χ2n) is 3.29. The molecule has 6 heteroatoms. The Kier molecular flexibility index (Phi) is 1.96. The van der Waals surface area contributed by atoms with Crippen LogP contribution in [0.15, 0.2) is 0 Å². The Morgan fingerprint density at radius 2 is 2.31 bits per heavy atom. The summed E-state index contributed by atoms with van der Waals surface area (Å²) < 4.78 is 0. The van der Waals surface area contributed by atoms with Gasteiger partial charge in [-0.05, 0) is 0 Å². The Bertz CT molecular complexity index is 270. The highest BCUT2D eigenvalue weighted by atomic mass is 32.2. The number of primary amides is 1. The van der Waals surface area contributed by atoms with Crippen LogP contribution in [0.1, 0.15) is 6.42 Å². The highest BCUT2D eigenvalue weighted by Crippen LogP contribution is 2.36. The standard InChI is InChI=1S/C7H11N3O2S/c8-3-1-5-10(7(3)12)4(2-13-5)6(9)11/h3-5H,1-2,8H2,(H2,9,11)/t3-,4-,5-/m1/s1. The zero-order chi connectivity index (χ0) is 9.59. The van der Waals surface area contributed by atoms with Gasteiger partial charge >= 0.3 is 0 Å². The van der Waals surface area contributed by atoms with Gasteiger partial charge in [0.15, 0.2) is 0 Å². The van der Waals surface area contributed by atoms with E-state index in [1.54, 1.807) is 11.8 Å². The van der Waals surface area contributed by atoms with Crippen molar-refractivity contribution in [2.75, 3.05) is 5.75 Å². The van der Waals surface area contributed by atoms with Crippen LogP contribution in [-0.4, -0.2) is 39.9 Å². The molecule has 2 saturated heterocycles. The van der Waals surface area contributed by atoms with E-state index in [9.17, 15) is 9.59 Å². The number of nitrogens with two attached hydrogens (primary N) is 2. The molecule has 0 aromatic carbocycles. The molecule has 4 N–H and O–H groups in total. The molecule has 2 aliphatic rings. The molecule has 72 valence electrons. The van der Waals surface area contributed by atoms with E-state index < -0.39 is 18.0 Å². The van der Waals surface area contributed by atoms with E-state index in [-0.39, 0.29) is 11.3 Å². The number of amides is 2. The Hall–Kier alpha value is -0.750. The second-order valence-corrected chi connectivity index (χ2v) is 4.50. The smallest absolute Gasteiger partial charge is 0.241 e. The average molecular weight is 201 g/mol. The largest absolute Gasteiger partial charge is 0.368 e. The van der Waals surface area contributed by atoms with Gasteiger partial charge in [-0.15, -0.1) is 11.8 Å². The number of carbonyl (C=O) groups is 2. The van der Waals surface area contributed by atoms with Crippen LogP contribution in [0.5, 0.6) is 0 Å². The fraction of sp³-hybridized carbons (Fsp3) is 0.714. The first-order valence-corrected chi connectivity index (χ1v) is 5.15. The predicted octanol–water partition coefficient (Wildman–Crippen LogP) is -1.53. The molecule has 0 aromatic heterocycles. The highest BCUT2D eigenvalue weighted by molar-refractivity contribution is 8.00. The summed E-state index contributed by atoms with van der Waals surface area (Å²) in [5.74, 6) is 0.0367. The first-order chi connectivity index (χ1) is 6.11. The summed E-state index contributed by atoms with van der Waals surface area (Å²) in [5, 5.41) is 0.0694. The van der Waals surface area contributed by atoms with E-state index in [2.05, 4.69) is 0 Å². The molecule has 0 saturated carbocycles. The highest BCUT2D eigenvalue weighted by Gasteiger charge is 2.47. The summed E-state index contributed by atoms with van der Waals surface area (Å²) in [5.41, 5.74) is 10.7. The van der Waals surface area contributed by atoms with Gasteiger partial charge in [-0.1, -0.05) is 0 Å². The Morgan fingerprint density at radius 3 is 2.92 bits per heavy atom. The fourth-order valence-corrected chi connectivity index (χ4v) is 3.25. The van der Waals surface area contributed by atoms with Gasteiger partial charge in [0.05, 0.1) is 11.4 Å². The van der Waals surface area contributed by atoms with Crippen molar-refractivity contribution in [3.05, 3.63) is 0 Å². The number of hydrogen-bond acceptors (Lipinski definition) is 4. The van der Waals surface area contributed by atoms with Crippen molar-refractivity contribution < 1.29 is 9.59 Å². The number of hydrogen-bond donors (Lipinski definition) is 2. The predicted molar refractivity (Wildman–Crippen MR) is 48.7 cm³/mol. The molecule has 0 bridgehead atoms. The van der Waals surface area contributed by atoms with Crippen molar-refractivity contribution in [2.24, 2.45) is 11.5 Å². The van der Waals surface area contributed by atoms with Gasteiger partial charge in [-0.2, -0.15) is 0 Å². The minimum Gasteiger partial charge on any atom is -0.368 e. The van der Waals surface area contributed by atoms with Crippen molar-refractivity contribution in [1.29, 1.82) is 0 Å². The lowest BCUT2D eigenvalue weighted by Gasteiger charge is -2.20. The van der Waals surface area contributed by atoms with E-state index in [4.69, 9.17) is 11.5 Å². The van der Waals surface area contributed by atoms with Crippen LogP contribution in [0.2, 0.25) is 0 Å². The molecular weight excluding hydrogens is 190 g/mol. The minimum atomic E-state index is -0.448. The topological polar surface area (TPSA) is 89.4 Å². The Balaban J connectivity index is 2.21. The van der Waals surface area contributed by atoms with Gasteiger partial charge in [0.1, 0.15) is 6.04 Å². The van der Waals surface area contributed by atoms with Crippen LogP contribution in [0.4, 0.5) is 0 Å². The number of rotatable bonds is 1. The average Bonchev–Trinajstić information content (AvgIpc) is 2.55. The van der Waals surface area contributed by atoms with E-state index in [1.807, 2.05) is 0 Å². The molecule has 13 heavy (non-hydrogen) atoms. The van der Waals surface area contributed by atoms with Crippen LogP contribution in [0.25, 0.3) is 0 Å². The number of nitrogens with zero attached hydrogens (tertiary/aromatic N) is 1. The number of fused-ring (bicyclic) bond motifs is 1. The minimum absolute atomic E-state index is 0.0694. The van der Waals surface area contributed by atoms with Crippen molar-refractivity contribution >= 4 is 23.6 Å².